The highest BCUT2D eigenvalue weighted by Gasteiger charge is 2.64. The first-order valence-electron chi connectivity index (χ1n) is 7.65. The summed E-state index contributed by atoms with van der Waals surface area (Å²) in [5.41, 5.74) is -3.93. The summed E-state index contributed by atoms with van der Waals surface area (Å²) in [6.07, 6.45) is -10.7. The summed E-state index contributed by atoms with van der Waals surface area (Å²) in [6.45, 7) is 1.67. The first kappa shape index (κ1) is 19.3. The lowest BCUT2D eigenvalue weighted by molar-refractivity contribution is -0.278. The second-order valence-electron chi connectivity index (χ2n) is 6.24. The van der Waals surface area contributed by atoms with Crippen molar-refractivity contribution in [2.75, 3.05) is 0 Å². The standard InChI is InChI=1S/C16H12BF6N3O/c1-8-5-9(3-4-10(8)17)11-7-14(27-25-11,16(21,22)23)13-6-12(15(18,19)20)24-26(13)2/h3-6H,7H2,1-2H3. The molecule has 0 saturated carbocycles. The number of hydrogen-bond donors (Lipinski definition) is 0. The fourth-order valence-electron chi connectivity index (χ4n) is 2.86. The van der Waals surface area contributed by atoms with E-state index < -0.39 is 35.8 Å². The van der Waals surface area contributed by atoms with Crippen LogP contribution in [0, 0.1) is 6.92 Å². The quantitative estimate of drug-likeness (QED) is 0.587. The average Bonchev–Trinajstić information content (AvgIpc) is 3.13. The van der Waals surface area contributed by atoms with Gasteiger partial charge in [-0.1, -0.05) is 34.4 Å². The van der Waals surface area contributed by atoms with Crippen molar-refractivity contribution in [3.8, 4) is 0 Å². The second kappa shape index (κ2) is 6.03. The maximum atomic E-state index is 13.9. The van der Waals surface area contributed by atoms with Crippen LogP contribution in [0.1, 0.15) is 28.9 Å². The number of alkyl halides is 6. The number of aromatic nitrogens is 2. The van der Waals surface area contributed by atoms with Crippen LogP contribution < -0.4 is 5.46 Å². The minimum atomic E-state index is -5.03. The molecular formula is C16H12BF6N3O. The first-order valence-corrected chi connectivity index (χ1v) is 7.65. The number of hydrogen-bond acceptors (Lipinski definition) is 3. The summed E-state index contributed by atoms with van der Waals surface area (Å²) in [4.78, 5) is 4.74. The van der Waals surface area contributed by atoms with Gasteiger partial charge in [0.05, 0.1) is 17.8 Å². The van der Waals surface area contributed by atoms with Gasteiger partial charge in [-0.2, -0.15) is 31.4 Å². The Morgan fingerprint density at radius 3 is 2.33 bits per heavy atom. The van der Waals surface area contributed by atoms with E-state index in [4.69, 9.17) is 12.7 Å². The van der Waals surface area contributed by atoms with Gasteiger partial charge in [0, 0.05) is 7.05 Å². The Kier molecular flexibility index (Phi) is 4.31. The predicted molar refractivity (Wildman–Crippen MR) is 84.7 cm³/mol. The molecule has 27 heavy (non-hydrogen) atoms. The Hall–Kier alpha value is -2.46. The molecule has 0 bridgehead atoms. The number of halogens is 6. The summed E-state index contributed by atoms with van der Waals surface area (Å²) < 4.78 is 80.8. The number of oxime groups is 1. The molecule has 1 atom stereocenters. The van der Waals surface area contributed by atoms with Crippen LogP contribution in [0.5, 0.6) is 0 Å². The van der Waals surface area contributed by atoms with Gasteiger partial charge in [0.25, 0.3) is 5.60 Å². The number of nitrogens with zero attached hydrogens (tertiary/aromatic N) is 3. The van der Waals surface area contributed by atoms with Gasteiger partial charge in [0.2, 0.25) is 0 Å². The summed E-state index contributed by atoms with van der Waals surface area (Å²) in [6, 6.07) is 4.85. The zero-order valence-electron chi connectivity index (χ0n) is 14.1. The maximum absolute atomic E-state index is 13.9. The lowest BCUT2D eigenvalue weighted by Gasteiger charge is -2.28. The van der Waals surface area contributed by atoms with E-state index in [1.54, 1.807) is 6.92 Å². The highest BCUT2D eigenvalue weighted by molar-refractivity contribution is 6.33. The van der Waals surface area contributed by atoms with Crippen LogP contribution >= 0.6 is 0 Å². The van der Waals surface area contributed by atoms with Crippen LogP contribution in [0.4, 0.5) is 26.3 Å². The predicted octanol–water partition coefficient (Wildman–Crippen LogP) is 3.12. The molecule has 0 saturated heterocycles. The Morgan fingerprint density at radius 1 is 1.15 bits per heavy atom. The molecule has 2 aromatic rings. The van der Waals surface area contributed by atoms with Gasteiger partial charge in [-0.15, -0.1) is 0 Å². The van der Waals surface area contributed by atoms with Gasteiger partial charge < -0.3 is 4.84 Å². The van der Waals surface area contributed by atoms with Crippen molar-refractivity contribution in [2.24, 2.45) is 12.2 Å². The van der Waals surface area contributed by atoms with Gasteiger partial charge in [-0.3, -0.25) is 4.68 Å². The molecule has 1 aliphatic heterocycles. The van der Waals surface area contributed by atoms with E-state index >= 15 is 0 Å². The third-order valence-electron chi connectivity index (χ3n) is 4.37. The lowest BCUT2D eigenvalue weighted by atomic mass is 9.86. The van der Waals surface area contributed by atoms with Crippen LogP contribution in [-0.4, -0.2) is 29.5 Å². The van der Waals surface area contributed by atoms with Gasteiger partial charge >= 0.3 is 12.4 Å². The van der Waals surface area contributed by atoms with Crippen molar-refractivity contribution in [2.45, 2.75) is 31.3 Å². The molecule has 1 aromatic heterocycles. The molecule has 2 heterocycles. The van der Waals surface area contributed by atoms with E-state index in [2.05, 4.69) is 10.3 Å². The molecule has 0 fully saturated rings. The monoisotopic (exact) mass is 387 g/mol. The summed E-state index contributed by atoms with van der Waals surface area (Å²) in [5.74, 6) is 0. The Balaban J connectivity index is 2.05. The van der Waals surface area contributed by atoms with Crippen molar-refractivity contribution in [1.82, 2.24) is 9.78 Å². The zero-order valence-corrected chi connectivity index (χ0v) is 14.1. The Bertz CT molecular complexity index is 918. The molecule has 4 nitrogen and oxygen atoms in total. The number of benzene rings is 1. The molecule has 11 heteroatoms. The largest absolute Gasteiger partial charge is 0.437 e. The fourth-order valence-corrected chi connectivity index (χ4v) is 2.86. The van der Waals surface area contributed by atoms with E-state index in [1.165, 1.54) is 18.2 Å². The van der Waals surface area contributed by atoms with E-state index in [-0.39, 0.29) is 5.71 Å². The Morgan fingerprint density at radius 2 is 1.81 bits per heavy atom. The SMILES string of the molecule is [B]c1ccc(C2=NOC(c3cc(C(F)(F)F)nn3C)(C(F)(F)F)C2)cc1C. The Labute approximate surface area is 151 Å². The lowest BCUT2D eigenvalue weighted by Crippen LogP contribution is -2.44. The molecule has 3 rings (SSSR count). The normalized spacial score (nSPS) is 20.5. The van der Waals surface area contributed by atoms with Gasteiger partial charge in [0.15, 0.2) is 5.69 Å². The first-order chi connectivity index (χ1) is 12.3. The fraction of sp³-hybridized carbons (Fsp3) is 0.375. The van der Waals surface area contributed by atoms with Crippen molar-refractivity contribution in [1.29, 1.82) is 0 Å². The highest BCUT2D eigenvalue weighted by Crippen LogP contribution is 2.49. The van der Waals surface area contributed by atoms with Crippen LogP contribution in [0.25, 0.3) is 0 Å². The maximum Gasteiger partial charge on any atom is 0.437 e. The van der Waals surface area contributed by atoms with Crippen molar-refractivity contribution in [3.05, 3.63) is 46.8 Å². The number of aryl methyl sites for hydroxylation is 2. The molecule has 0 aliphatic carbocycles. The summed E-state index contributed by atoms with van der Waals surface area (Å²) in [7, 11) is 6.69. The third kappa shape index (κ3) is 3.19. The van der Waals surface area contributed by atoms with Crippen LogP contribution in [0.3, 0.4) is 0 Å². The van der Waals surface area contributed by atoms with Crippen molar-refractivity contribution in [3.63, 3.8) is 0 Å². The highest BCUT2D eigenvalue weighted by atomic mass is 19.4. The van der Waals surface area contributed by atoms with Gasteiger partial charge in [-0.05, 0) is 18.6 Å². The smallest absolute Gasteiger partial charge is 0.372 e. The van der Waals surface area contributed by atoms with E-state index in [0.717, 1.165) is 7.05 Å². The minimum absolute atomic E-state index is 0.0508. The van der Waals surface area contributed by atoms with E-state index in [9.17, 15) is 26.3 Å². The minimum Gasteiger partial charge on any atom is -0.372 e. The van der Waals surface area contributed by atoms with E-state index in [1.807, 2.05) is 0 Å². The molecule has 0 spiro atoms. The van der Waals surface area contributed by atoms with Crippen LogP contribution in [0.2, 0.25) is 0 Å². The molecule has 142 valence electrons. The van der Waals surface area contributed by atoms with E-state index in [0.29, 0.717) is 27.3 Å². The van der Waals surface area contributed by atoms with Gasteiger partial charge in [-0.25, -0.2) is 0 Å². The summed E-state index contributed by atoms with van der Waals surface area (Å²) in [5, 5.41) is 6.67. The molecule has 1 unspecified atom stereocenters. The third-order valence-corrected chi connectivity index (χ3v) is 4.37. The number of rotatable bonds is 2. The zero-order chi connectivity index (χ0) is 20.2. The summed E-state index contributed by atoms with van der Waals surface area (Å²) >= 11 is 0. The average molecular weight is 387 g/mol. The topological polar surface area (TPSA) is 39.4 Å². The molecule has 0 N–H and O–H groups in total. The molecule has 1 aliphatic rings. The van der Waals surface area contributed by atoms with Crippen molar-refractivity contribution < 1.29 is 31.2 Å². The second-order valence-corrected chi connectivity index (χ2v) is 6.24. The van der Waals surface area contributed by atoms with Gasteiger partial charge in [0.1, 0.15) is 7.85 Å². The van der Waals surface area contributed by atoms with Crippen LogP contribution in [-0.2, 0) is 23.7 Å². The molecule has 2 radical (unpaired) electrons. The van der Waals surface area contributed by atoms with Crippen LogP contribution in [0.15, 0.2) is 29.4 Å². The molecule has 0 amide bonds. The molecular weight excluding hydrogens is 375 g/mol. The molecule has 1 aromatic carbocycles. The van der Waals surface area contributed by atoms with Crippen molar-refractivity contribution >= 4 is 19.0 Å².